The first-order chi connectivity index (χ1) is 11.7. The SMILES string of the molecule is O=C(Cc1cc(Cl)c2c(c1)OCCO2)N[C@H]1CCc2ccccc21. The molecule has 4 nitrogen and oxygen atoms in total. The van der Waals surface area contributed by atoms with Crippen molar-refractivity contribution >= 4 is 17.5 Å². The third-order valence-electron chi connectivity index (χ3n) is 4.49. The van der Waals surface area contributed by atoms with Gasteiger partial charge >= 0.3 is 0 Å². The van der Waals surface area contributed by atoms with Crippen LogP contribution in [0.25, 0.3) is 0 Å². The third kappa shape index (κ3) is 2.94. The largest absolute Gasteiger partial charge is 0.486 e. The Hall–Kier alpha value is -2.20. The van der Waals surface area contributed by atoms with Crippen LogP contribution in [-0.4, -0.2) is 19.1 Å². The van der Waals surface area contributed by atoms with Gasteiger partial charge in [-0.1, -0.05) is 35.9 Å². The van der Waals surface area contributed by atoms with Crippen LogP contribution in [0.1, 0.15) is 29.2 Å². The average molecular weight is 344 g/mol. The van der Waals surface area contributed by atoms with Gasteiger partial charge in [-0.3, -0.25) is 4.79 Å². The summed E-state index contributed by atoms with van der Waals surface area (Å²) in [7, 11) is 0. The Bertz CT molecular complexity index is 790. The molecule has 0 saturated heterocycles. The number of fused-ring (bicyclic) bond motifs is 2. The summed E-state index contributed by atoms with van der Waals surface area (Å²) in [5, 5.41) is 3.62. The molecule has 1 heterocycles. The molecule has 0 fully saturated rings. The van der Waals surface area contributed by atoms with Gasteiger partial charge in [-0.15, -0.1) is 0 Å². The second-order valence-electron chi connectivity index (χ2n) is 6.14. The predicted octanol–water partition coefficient (Wildman–Crippen LogP) is 3.46. The minimum atomic E-state index is -0.00977. The molecule has 0 bridgehead atoms. The Balaban J connectivity index is 1.46. The van der Waals surface area contributed by atoms with Gasteiger partial charge in [0, 0.05) is 0 Å². The summed E-state index contributed by atoms with van der Waals surface area (Å²) >= 11 is 6.23. The van der Waals surface area contributed by atoms with Crippen LogP contribution in [0.15, 0.2) is 36.4 Å². The van der Waals surface area contributed by atoms with Crippen LogP contribution in [0.2, 0.25) is 5.02 Å². The van der Waals surface area contributed by atoms with Gasteiger partial charge in [0.25, 0.3) is 0 Å². The van der Waals surface area contributed by atoms with E-state index >= 15 is 0 Å². The first kappa shape index (κ1) is 15.3. The van der Waals surface area contributed by atoms with E-state index in [1.54, 1.807) is 6.07 Å². The molecule has 1 amide bonds. The fraction of sp³-hybridized carbons (Fsp3) is 0.316. The number of nitrogens with one attached hydrogen (secondary N) is 1. The number of hydrogen-bond acceptors (Lipinski definition) is 3. The van der Waals surface area contributed by atoms with Crippen molar-refractivity contribution in [3.05, 3.63) is 58.1 Å². The highest BCUT2D eigenvalue weighted by atomic mass is 35.5. The summed E-state index contributed by atoms with van der Waals surface area (Å²) in [6.07, 6.45) is 2.24. The molecule has 124 valence electrons. The van der Waals surface area contributed by atoms with Crippen molar-refractivity contribution < 1.29 is 14.3 Å². The van der Waals surface area contributed by atoms with E-state index in [1.807, 2.05) is 18.2 Å². The zero-order valence-electron chi connectivity index (χ0n) is 13.2. The summed E-state index contributed by atoms with van der Waals surface area (Å²) < 4.78 is 11.1. The molecule has 2 aliphatic rings. The molecule has 0 unspecified atom stereocenters. The zero-order chi connectivity index (χ0) is 16.5. The lowest BCUT2D eigenvalue weighted by Crippen LogP contribution is -2.28. The van der Waals surface area contributed by atoms with Crippen molar-refractivity contribution in [3.8, 4) is 11.5 Å². The van der Waals surface area contributed by atoms with Gasteiger partial charge in [-0.05, 0) is 41.7 Å². The molecule has 0 saturated carbocycles. The van der Waals surface area contributed by atoms with Crippen molar-refractivity contribution in [1.29, 1.82) is 0 Å². The zero-order valence-corrected chi connectivity index (χ0v) is 13.9. The number of hydrogen-bond donors (Lipinski definition) is 1. The Morgan fingerprint density at radius 3 is 2.96 bits per heavy atom. The highest BCUT2D eigenvalue weighted by molar-refractivity contribution is 6.32. The van der Waals surface area contributed by atoms with E-state index in [0.717, 1.165) is 18.4 Å². The van der Waals surface area contributed by atoms with Crippen LogP contribution in [-0.2, 0) is 17.6 Å². The van der Waals surface area contributed by atoms with Crippen molar-refractivity contribution in [3.63, 3.8) is 0 Å². The van der Waals surface area contributed by atoms with Crippen LogP contribution < -0.4 is 14.8 Å². The molecule has 4 rings (SSSR count). The second-order valence-corrected chi connectivity index (χ2v) is 6.54. The van der Waals surface area contributed by atoms with Crippen LogP contribution in [0, 0.1) is 0 Å². The molecular formula is C19H18ClNO3. The number of rotatable bonds is 3. The Labute approximate surface area is 145 Å². The number of carbonyl (C=O) groups is 1. The summed E-state index contributed by atoms with van der Waals surface area (Å²) in [6.45, 7) is 0.992. The molecule has 5 heteroatoms. The minimum Gasteiger partial charge on any atom is -0.486 e. The quantitative estimate of drug-likeness (QED) is 0.928. The van der Waals surface area contributed by atoms with Gasteiger partial charge < -0.3 is 14.8 Å². The summed E-state index contributed by atoms with van der Waals surface area (Å²) in [6, 6.07) is 12.0. The highest BCUT2D eigenvalue weighted by Gasteiger charge is 2.24. The minimum absolute atomic E-state index is 0.00977. The van der Waals surface area contributed by atoms with Crippen molar-refractivity contribution in [1.82, 2.24) is 5.32 Å². The van der Waals surface area contributed by atoms with Gasteiger partial charge in [-0.2, -0.15) is 0 Å². The molecule has 0 spiro atoms. The smallest absolute Gasteiger partial charge is 0.224 e. The van der Waals surface area contributed by atoms with E-state index in [0.29, 0.717) is 29.7 Å². The van der Waals surface area contributed by atoms with E-state index in [9.17, 15) is 4.79 Å². The fourth-order valence-electron chi connectivity index (χ4n) is 3.40. The summed E-state index contributed by atoms with van der Waals surface area (Å²) in [4.78, 5) is 12.4. The Morgan fingerprint density at radius 1 is 1.21 bits per heavy atom. The number of amides is 1. The van der Waals surface area contributed by atoms with Crippen LogP contribution in [0.4, 0.5) is 0 Å². The number of benzene rings is 2. The fourth-order valence-corrected chi connectivity index (χ4v) is 3.69. The molecule has 0 radical (unpaired) electrons. The average Bonchev–Trinajstić information content (AvgIpc) is 2.98. The maximum atomic E-state index is 12.4. The number of ether oxygens (including phenoxy) is 2. The number of aryl methyl sites for hydroxylation is 1. The molecule has 0 aromatic heterocycles. The molecule has 1 N–H and O–H groups in total. The first-order valence-corrected chi connectivity index (χ1v) is 8.53. The molecular weight excluding hydrogens is 326 g/mol. The lowest BCUT2D eigenvalue weighted by molar-refractivity contribution is -0.121. The van der Waals surface area contributed by atoms with Gasteiger partial charge in [0.1, 0.15) is 13.2 Å². The van der Waals surface area contributed by atoms with Crippen molar-refractivity contribution in [2.75, 3.05) is 13.2 Å². The maximum absolute atomic E-state index is 12.4. The van der Waals surface area contributed by atoms with E-state index in [4.69, 9.17) is 21.1 Å². The van der Waals surface area contributed by atoms with E-state index in [-0.39, 0.29) is 18.4 Å². The van der Waals surface area contributed by atoms with Crippen LogP contribution in [0.5, 0.6) is 11.5 Å². The van der Waals surface area contributed by atoms with E-state index < -0.39 is 0 Å². The van der Waals surface area contributed by atoms with E-state index in [1.165, 1.54) is 11.1 Å². The van der Waals surface area contributed by atoms with Crippen LogP contribution >= 0.6 is 11.6 Å². The normalized spacial score (nSPS) is 18.1. The van der Waals surface area contributed by atoms with Gasteiger partial charge in [0.2, 0.25) is 5.91 Å². The topological polar surface area (TPSA) is 47.6 Å². The number of halogens is 1. The van der Waals surface area contributed by atoms with Crippen molar-refractivity contribution in [2.24, 2.45) is 0 Å². The predicted molar refractivity (Wildman–Crippen MR) is 91.8 cm³/mol. The lowest BCUT2D eigenvalue weighted by Gasteiger charge is -2.20. The van der Waals surface area contributed by atoms with Gasteiger partial charge in [0.15, 0.2) is 11.5 Å². The van der Waals surface area contributed by atoms with E-state index in [2.05, 4.69) is 17.4 Å². The molecule has 1 atom stereocenters. The molecule has 24 heavy (non-hydrogen) atoms. The van der Waals surface area contributed by atoms with Crippen molar-refractivity contribution in [2.45, 2.75) is 25.3 Å². The second kappa shape index (κ2) is 6.36. The Kier molecular flexibility index (Phi) is 4.07. The van der Waals surface area contributed by atoms with Gasteiger partial charge in [-0.25, -0.2) is 0 Å². The lowest BCUT2D eigenvalue weighted by atomic mass is 10.1. The molecule has 1 aliphatic heterocycles. The molecule has 2 aromatic rings. The molecule has 2 aromatic carbocycles. The highest BCUT2D eigenvalue weighted by Crippen LogP contribution is 2.38. The molecule has 1 aliphatic carbocycles. The monoisotopic (exact) mass is 343 g/mol. The summed E-state index contributed by atoms with van der Waals surface area (Å²) in [5.74, 6) is 1.17. The Morgan fingerprint density at radius 2 is 2.04 bits per heavy atom. The van der Waals surface area contributed by atoms with Crippen LogP contribution in [0.3, 0.4) is 0 Å². The number of carbonyl (C=O) groups excluding carboxylic acids is 1. The first-order valence-electron chi connectivity index (χ1n) is 8.16. The standard InChI is InChI=1S/C19H18ClNO3/c20-15-9-12(10-17-19(15)24-8-7-23-17)11-18(22)21-16-6-5-13-3-1-2-4-14(13)16/h1-4,9-10,16H,5-8,11H2,(H,21,22)/t16-/m0/s1. The van der Waals surface area contributed by atoms with Gasteiger partial charge in [0.05, 0.1) is 17.5 Å². The third-order valence-corrected chi connectivity index (χ3v) is 4.77. The maximum Gasteiger partial charge on any atom is 0.224 e. The summed E-state index contributed by atoms with van der Waals surface area (Å²) in [5.41, 5.74) is 3.38.